The van der Waals surface area contributed by atoms with Crippen molar-refractivity contribution in [1.82, 2.24) is 9.97 Å². The van der Waals surface area contributed by atoms with Crippen LogP contribution in [0.25, 0.3) is 10.2 Å². The van der Waals surface area contributed by atoms with Crippen LogP contribution in [0.15, 0.2) is 18.5 Å². The van der Waals surface area contributed by atoms with Gasteiger partial charge >= 0.3 is 5.97 Å². The number of carbonyl (C=O) groups excluding carboxylic acids is 1. The molecule has 0 spiro atoms. The molecule has 5 nitrogen and oxygen atoms in total. The molecule has 0 fully saturated rings. The molecule has 0 aliphatic heterocycles. The summed E-state index contributed by atoms with van der Waals surface area (Å²) in [6.45, 7) is 7.99. The molecular weight excluding hydrogens is 358 g/mol. The second-order valence-electron chi connectivity index (χ2n) is 5.74. The summed E-state index contributed by atoms with van der Waals surface area (Å²) >= 11 is 7.70. The number of anilines is 2. The number of esters is 1. The smallest absolute Gasteiger partial charge is 0.348 e. The van der Waals surface area contributed by atoms with E-state index in [0.717, 1.165) is 32.6 Å². The van der Waals surface area contributed by atoms with E-state index in [0.29, 0.717) is 22.3 Å². The van der Waals surface area contributed by atoms with Crippen molar-refractivity contribution < 1.29 is 9.53 Å². The molecule has 3 aromatic rings. The number of rotatable bonds is 4. The minimum Gasteiger partial charge on any atom is -0.462 e. The van der Waals surface area contributed by atoms with Gasteiger partial charge in [0.2, 0.25) is 0 Å². The second-order valence-corrected chi connectivity index (χ2v) is 7.15. The molecule has 130 valence electrons. The van der Waals surface area contributed by atoms with Crippen LogP contribution in [0.2, 0.25) is 5.02 Å². The zero-order valence-corrected chi connectivity index (χ0v) is 16.0. The molecule has 1 N–H and O–H groups in total. The Morgan fingerprint density at radius 1 is 1.28 bits per heavy atom. The van der Waals surface area contributed by atoms with Crippen LogP contribution < -0.4 is 5.32 Å². The molecule has 0 aliphatic carbocycles. The standard InChI is InChI=1S/C18H18ClN3O2S/c1-5-24-18(23)15-11(4)13-16(20-8-21-17(13)25-15)22-14-10(3)6-9(2)7-12(14)19/h6-8H,5H2,1-4H3,(H,20,21,22). The van der Waals surface area contributed by atoms with Crippen molar-refractivity contribution in [3.8, 4) is 0 Å². The highest BCUT2D eigenvalue weighted by Gasteiger charge is 2.20. The predicted octanol–water partition coefficient (Wildman–Crippen LogP) is 5.19. The van der Waals surface area contributed by atoms with E-state index in [4.69, 9.17) is 16.3 Å². The summed E-state index contributed by atoms with van der Waals surface area (Å²) in [5.74, 6) is 0.293. The summed E-state index contributed by atoms with van der Waals surface area (Å²) in [5.41, 5.74) is 3.73. The van der Waals surface area contributed by atoms with Crippen LogP contribution in [0, 0.1) is 20.8 Å². The zero-order valence-electron chi connectivity index (χ0n) is 14.4. The Bertz CT molecular complexity index is 945. The van der Waals surface area contributed by atoms with Crippen LogP contribution in [0.1, 0.15) is 33.3 Å². The van der Waals surface area contributed by atoms with Gasteiger partial charge < -0.3 is 10.1 Å². The van der Waals surface area contributed by atoms with E-state index >= 15 is 0 Å². The fourth-order valence-electron chi connectivity index (χ4n) is 2.75. The van der Waals surface area contributed by atoms with Gasteiger partial charge in [0.25, 0.3) is 0 Å². The van der Waals surface area contributed by atoms with E-state index in [1.165, 1.54) is 17.7 Å². The molecule has 1 aromatic carbocycles. The number of benzene rings is 1. The summed E-state index contributed by atoms with van der Waals surface area (Å²) in [7, 11) is 0. The van der Waals surface area contributed by atoms with Crippen LogP contribution in [0.5, 0.6) is 0 Å². The Balaban J connectivity index is 2.10. The van der Waals surface area contributed by atoms with Gasteiger partial charge in [-0.25, -0.2) is 14.8 Å². The van der Waals surface area contributed by atoms with Gasteiger partial charge in [-0.2, -0.15) is 0 Å². The molecule has 0 unspecified atom stereocenters. The van der Waals surface area contributed by atoms with E-state index in [9.17, 15) is 4.79 Å². The molecule has 0 atom stereocenters. The van der Waals surface area contributed by atoms with Crippen molar-refractivity contribution in [3.63, 3.8) is 0 Å². The Labute approximate surface area is 155 Å². The number of hydrogen-bond acceptors (Lipinski definition) is 6. The quantitative estimate of drug-likeness (QED) is 0.635. The van der Waals surface area contributed by atoms with Gasteiger partial charge in [-0.05, 0) is 50.5 Å². The highest BCUT2D eigenvalue weighted by Crippen LogP contribution is 2.37. The lowest BCUT2D eigenvalue weighted by Gasteiger charge is -2.13. The van der Waals surface area contributed by atoms with Crippen molar-refractivity contribution in [2.24, 2.45) is 0 Å². The molecule has 2 heterocycles. The largest absolute Gasteiger partial charge is 0.462 e. The highest BCUT2D eigenvalue weighted by atomic mass is 35.5. The monoisotopic (exact) mass is 375 g/mol. The number of aryl methyl sites for hydroxylation is 3. The number of carbonyl (C=O) groups is 1. The first-order valence-corrected chi connectivity index (χ1v) is 9.06. The molecule has 25 heavy (non-hydrogen) atoms. The molecule has 3 rings (SSSR count). The Kier molecular flexibility index (Phi) is 4.92. The lowest BCUT2D eigenvalue weighted by molar-refractivity contribution is 0.0531. The third kappa shape index (κ3) is 3.32. The maximum atomic E-state index is 12.1. The second kappa shape index (κ2) is 6.98. The number of hydrogen-bond donors (Lipinski definition) is 1. The van der Waals surface area contributed by atoms with E-state index in [1.807, 2.05) is 26.8 Å². The molecule has 0 saturated heterocycles. The van der Waals surface area contributed by atoms with E-state index in [-0.39, 0.29) is 5.97 Å². The first-order valence-electron chi connectivity index (χ1n) is 7.87. The van der Waals surface area contributed by atoms with E-state index in [1.54, 1.807) is 6.92 Å². The van der Waals surface area contributed by atoms with Crippen molar-refractivity contribution >= 4 is 50.6 Å². The molecule has 0 amide bonds. The number of fused-ring (bicyclic) bond motifs is 1. The normalized spacial score (nSPS) is 10.9. The minimum atomic E-state index is -0.335. The number of nitrogens with one attached hydrogen (secondary N) is 1. The average molecular weight is 376 g/mol. The number of halogens is 1. The van der Waals surface area contributed by atoms with E-state index < -0.39 is 0 Å². The fourth-order valence-corrected chi connectivity index (χ4v) is 4.16. The molecular formula is C18H18ClN3O2S. The zero-order chi connectivity index (χ0) is 18.1. The van der Waals surface area contributed by atoms with Gasteiger partial charge in [-0.1, -0.05) is 17.7 Å². The first-order chi connectivity index (χ1) is 11.9. The molecule has 0 aliphatic rings. The SMILES string of the molecule is CCOC(=O)c1sc2ncnc(Nc3c(C)cc(C)cc3Cl)c2c1C. The molecule has 0 bridgehead atoms. The first kappa shape index (κ1) is 17.6. The van der Waals surface area contributed by atoms with Crippen LogP contribution >= 0.6 is 22.9 Å². The van der Waals surface area contributed by atoms with Crippen molar-refractivity contribution in [1.29, 1.82) is 0 Å². The number of nitrogens with zero attached hydrogens (tertiary/aromatic N) is 2. The van der Waals surface area contributed by atoms with Gasteiger partial charge in [-0.15, -0.1) is 11.3 Å². The van der Waals surface area contributed by atoms with Gasteiger partial charge in [-0.3, -0.25) is 0 Å². The molecule has 0 saturated carbocycles. The van der Waals surface area contributed by atoms with Crippen LogP contribution in [-0.4, -0.2) is 22.5 Å². The van der Waals surface area contributed by atoms with Crippen LogP contribution in [-0.2, 0) is 4.74 Å². The third-order valence-corrected chi connectivity index (χ3v) is 5.34. The highest BCUT2D eigenvalue weighted by molar-refractivity contribution is 7.20. The number of ether oxygens (including phenoxy) is 1. The fraction of sp³-hybridized carbons (Fsp3) is 0.278. The number of aromatic nitrogens is 2. The topological polar surface area (TPSA) is 64.1 Å². The summed E-state index contributed by atoms with van der Waals surface area (Å²) < 4.78 is 5.13. The lowest BCUT2D eigenvalue weighted by Crippen LogP contribution is -2.04. The van der Waals surface area contributed by atoms with Gasteiger partial charge in [0.1, 0.15) is 21.9 Å². The maximum Gasteiger partial charge on any atom is 0.348 e. The van der Waals surface area contributed by atoms with Gasteiger partial charge in [0.15, 0.2) is 0 Å². The Morgan fingerprint density at radius 2 is 2.04 bits per heavy atom. The van der Waals surface area contributed by atoms with Crippen molar-refractivity contribution in [2.75, 3.05) is 11.9 Å². The average Bonchev–Trinajstić information content (AvgIpc) is 2.89. The van der Waals surface area contributed by atoms with Crippen molar-refractivity contribution in [3.05, 3.63) is 45.1 Å². The predicted molar refractivity (Wildman–Crippen MR) is 102 cm³/mol. The molecule has 2 aromatic heterocycles. The summed E-state index contributed by atoms with van der Waals surface area (Å²) in [6.07, 6.45) is 1.48. The molecule has 0 radical (unpaired) electrons. The van der Waals surface area contributed by atoms with Crippen LogP contribution in [0.4, 0.5) is 11.5 Å². The third-order valence-electron chi connectivity index (χ3n) is 3.86. The Hall–Kier alpha value is -2.18. The van der Waals surface area contributed by atoms with Gasteiger partial charge in [0, 0.05) is 0 Å². The summed E-state index contributed by atoms with van der Waals surface area (Å²) in [6, 6.07) is 3.96. The summed E-state index contributed by atoms with van der Waals surface area (Å²) in [5, 5.41) is 4.75. The summed E-state index contributed by atoms with van der Waals surface area (Å²) in [4.78, 5) is 22.1. The Morgan fingerprint density at radius 3 is 2.72 bits per heavy atom. The number of thiophene rings is 1. The molecule has 7 heteroatoms. The van der Waals surface area contributed by atoms with Gasteiger partial charge in [0.05, 0.1) is 22.7 Å². The maximum absolute atomic E-state index is 12.1. The lowest BCUT2D eigenvalue weighted by atomic mass is 10.1. The van der Waals surface area contributed by atoms with E-state index in [2.05, 4.69) is 21.4 Å². The van der Waals surface area contributed by atoms with Crippen LogP contribution in [0.3, 0.4) is 0 Å². The van der Waals surface area contributed by atoms with Crippen molar-refractivity contribution in [2.45, 2.75) is 27.7 Å². The minimum absolute atomic E-state index is 0.335.